The van der Waals surface area contributed by atoms with Gasteiger partial charge in [-0.1, -0.05) is 12.1 Å². The molecule has 0 atom stereocenters. The Morgan fingerprint density at radius 3 is 2.46 bits per heavy atom. The molecule has 134 valence electrons. The molecule has 2 aliphatic rings. The van der Waals surface area contributed by atoms with E-state index in [0.717, 1.165) is 24.0 Å². The molecule has 1 aliphatic heterocycles. The van der Waals surface area contributed by atoms with Crippen molar-refractivity contribution in [3.8, 4) is 28.4 Å². The molecule has 0 amide bonds. The highest BCUT2D eigenvalue weighted by Crippen LogP contribution is 2.47. The first kappa shape index (κ1) is 16.4. The van der Waals surface area contributed by atoms with E-state index in [1.54, 1.807) is 24.3 Å². The van der Waals surface area contributed by atoms with E-state index in [1.807, 2.05) is 6.07 Å². The van der Waals surface area contributed by atoms with Crippen LogP contribution < -0.4 is 14.2 Å². The van der Waals surface area contributed by atoms with E-state index in [9.17, 15) is 9.59 Å². The first-order valence-electron chi connectivity index (χ1n) is 8.40. The van der Waals surface area contributed by atoms with Crippen molar-refractivity contribution in [2.24, 2.45) is 5.92 Å². The second-order valence-corrected chi connectivity index (χ2v) is 6.28. The van der Waals surface area contributed by atoms with Gasteiger partial charge in [-0.25, -0.2) is 4.79 Å². The van der Waals surface area contributed by atoms with E-state index >= 15 is 0 Å². The van der Waals surface area contributed by atoms with Gasteiger partial charge in [0.2, 0.25) is 5.75 Å². The number of hydrogen-bond acceptors (Lipinski definition) is 6. The standard InChI is InChI=1S/C20H18O6/c1-23-16-9-8-13(12-4-3-5-14-15(12)10-25-20(14)22)17(18(16)24-2)26-19(21)11-6-7-11/h3-5,8-9,11H,6-7,10H2,1-2H3. The summed E-state index contributed by atoms with van der Waals surface area (Å²) in [5.74, 6) is 0.426. The molecule has 0 N–H and O–H groups in total. The Balaban J connectivity index is 1.88. The highest BCUT2D eigenvalue weighted by Gasteiger charge is 2.34. The van der Waals surface area contributed by atoms with Crippen molar-refractivity contribution in [1.29, 1.82) is 0 Å². The zero-order valence-corrected chi connectivity index (χ0v) is 14.5. The van der Waals surface area contributed by atoms with Gasteiger partial charge in [0.05, 0.1) is 25.7 Å². The van der Waals surface area contributed by atoms with E-state index in [0.29, 0.717) is 28.4 Å². The Morgan fingerprint density at radius 2 is 1.77 bits per heavy atom. The van der Waals surface area contributed by atoms with E-state index in [2.05, 4.69) is 0 Å². The van der Waals surface area contributed by atoms with E-state index in [-0.39, 0.29) is 24.5 Å². The zero-order valence-electron chi connectivity index (χ0n) is 14.5. The molecule has 0 unspecified atom stereocenters. The van der Waals surface area contributed by atoms with Crippen LogP contribution in [0.4, 0.5) is 0 Å². The van der Waals surface area contributed by atoms with Gasteiger partial charge in [0.15, 0.2) is 11.5 Å². The molecule has 1 aliphatic carbocycles. The molecule has 6 heteroatoms. The average molecular weight is 354 g/mol. The number of methoxy groups -OCH3 is 2. The number of esters is 2. The third-order valence-electron chi connectivity index (χ3n) is 4.65. The highest BCUT2D eigenvalue weighted by atomic mass is 16.6. The fraction of sp³-hybridized carbons (Fsp3) is 0.300. The predicted octanol–water partition coefficient (Wildman–Crippen LogP) is 3.36. The number of carbonyl (C=O) groups excluding carboxylic acids is 2. The number of hydrogen-bond donors (Lipinski definition) is 0. The van der Waals surface area contributed by atoms with E-state index in [1.165, 1.54) is 14.2 Å². The minimum Gasteiger partial charge on any atom is -0.493 e. The van der Waals surface area contributed by atoms with Crippen LogP contribution in [0, 0.1) is 5.92 Å². The Labute approximate surface area is 150 Å². The lowest BCUT2D eigenvalue weighted by molar-refractivity contribution is -0.135. The largest absolute Gasteiger partial charge is 0.493 e. The lowest BCUT2D eigenvalue weighted by atomic mass is 9.95. The molecule has 1 heterocycles. The lowest BCUT2D eigenvalue weighted by Gasteiger charge is -2.17. The SMILES string of the molecule is COc1ccc(-c2cccc3c2COC3=O)c(OC(=O)C2CC2)c1OC. The van der Waals surface area contributed by atoms with Crippen LogP contribution in [-0.2, 0) is 16.1 Å². The Bertz CT molecular complexity index is 897. The number of fused-ring (bicyclic) bond motifs is 1. The summed E-state index contributed by atoms with van der Waals surface area (Å²) in [7, 11) is 3.02. The molecule has 1 saturated carbocycles. The molecule has 26 heavy (non-hydrogen) atoms. The summed E-state index contributed by atoms with van der Waals surface area (Å²) in [4.78, 5) is 24.2. The minimum atomic E-state index is -0.348. The topological polar surface area (TPSA) is 71.1 Å². The van der Waals surface area contributed by atoms with Gasteiger partial charge in [0, 0.05) is 11.1 Å². The molecule has 0 spiro atoms. The Kier molecular flexibility index (Phi) is 4.03. The van der Waals surface area contributed by atoms with Gasteiger partial charge in [-0.15, -0.1) is 0 Å². The summed E-state index contributed by atoms with van der Waals surface area (Å²) in [5, 5.41) is 0. The van der Waals surface area contributed by atoms with Crippen molar-refractivity contribution < 1.29 is 28.5 Å². The predicted molar refractivity (Wildman–Crippen MR) is 92.5 cm³/mol. The van der Waals surface area contributed by atoms with Gasteiger partial charge in [0.1, 0.15) is 6.61 Å². The maximum atomic E-state index is 12.3. The van der Waals surface area contributed by atoms with Crippen LogP contribution >= 0.6 is 0 Å². The molecule has 2 aromatic rings. The van der Waals surface area contributed by atoms with E-state index < -0.39 is 0 Å². The van der Waals surface area contributed by atoms with Gasteiger partial charge < -0.3 is 18.9 Å². The highest BCUT2D eigenvalue weighted by molar-refractivity contribution is 5.97. The van der Waals surface area contributed by atoms with Crippen molar-refractivity contribution >= 4 is 11.9 Å². The maximum Gasteiger partial charge on any atom is 0.338 e. The number of carbonyl (C=O) groups is 2. The third-order valence-corrected chi connectivity index (χ3v) is 4.65. The Hall–Kier alpha value is -3.02. The summed E-state index contributed by atoms with van der Waals surface area (Å²) in [6, 6.07) is 8.93. The maximum absolute atomic E-state index is 12.3. The van der Waals surface area contributed by atoms with Crippen molar-refractivity contribution in [3.05, 3.63) is 41.5 Å². The molecule has 0 saturated heterocycles. The molecular formula is C20H18O6. The van der Waals surface area contributed by atoms with Crippen LogP contribution in [0.3, 0.4) is 0 Å². The van der Waals surface area contributed by atoms with Crippen LogP contribution in [0.25, 0.3) is 11.1 Å². The molecule has 4 rings (SSSR count). The fourth-order valence-corrected chi connectivity index (χ4v) is 3.12. The van der Waals surface area contributed by atoms with Crippen molar-refractivity contribution in [2.75, 3.05) is 14.2 Å². The van der Waals surface area contributed by atoms with Crippen molar-refractivity contribution in [1.82, 2.24) is 0 Å². The summed E-state index contributed by atoms with van der Waals surface area (Å²) in [5.41, 5.74) is 2.73. The smallest absolute Gasteiger partial charge is 0.338 e. The monoisotopic (exact) mass is 354 g/mol. The van der Waals surface area contributed by atoms with Crippen LogP contribution in [0.15, 0.2) is 30.3 Å². The molecule has 0 bridgehead atoms. The first-order valence-corrected chi connectivity index (χ1v) is 8.40. The van der Waals surface area contributed by atoms with Crippen LogP contribution in [0.2, 0.25) is 0 Å². The molecule has 0 radical (unpaired) electrons. The number of benzene rings is 2. The normalized spacial score (nSPS) is 15.2. The molecule has 2 aromatic carbocycles. The summed E-state index contributed by atoms with van der Waals surface area (Å²) < 4.78 is 21.7. The quantitative estimate of drug-likeness (QED) is 0.606. The fourth-order valence-electron chi connectivity index (χ4n) is 3.12. The van der Waals surface area contributed by atoms with Crippen LogP contribution in [0.1, 0.15) is 28.8 Å². The van der Waals surface area contributed by atoms with Gasteiger partial charge in [-0.05, 0) is 36.6 Å². The average Bonchev–Trinajstić information content (AvgIpc) is 3.45. The van der Waals surface area contributed by atoms with Gasteiger partial charge >= 0.3 is 11.9 Å². The van der Waals surface area contributed by atoms with Gasteiger partial charge in [-0.2, -0.15) is 0 Å². The molecule has 6 nitrogen and oxygen atoms in total. The second kappa shape index (κ2) is 6.37. The molecule has 1 fully saturated rings. The van der Waals surface area contributed by atoms with Crippen molar-refractivity contribution in [3.63, 3.8) is 0 Å². The second-order valence-electron chi connectivity index (χ2n) is 6.28. The molecule has 0 aromatic heterocycles. The van der Waals surface area contributed by atoms with Crippen LogP contribution in [0.5, 0.6) is 17.2 Å². The summed E-state index contributed by atoms with van der Waals surface area (Å²) in [6.07, 6.45) is 1.67. The Morgan fingerprint density at radius 1 is 1.00 bits per heavy atom. The van der Waals surface area contributed by atoms with Gasteiger partial charge in [0.25, 0.3) is 0 Å². The number of cyclic esters (lactones) is 1. The van der Waals surface area contributed by atoms with Crippen molar-refractivity contribution in [2.45, 2.75) is 19.4 Å². The van der Waals surface area contributed by atoms with E-state index in [4.69, 9.17) is 18.9 Å². The number of rotatable bonds is 5. The molecular weight excluding hydrogens is 336 g/mol. The van der Waals surface area contributed by atoms with Crippen LogP contribution in [-0.4, -0.2) is 26.2 Å². The minimum absolute atomic E-state index is 0.0647. The van der Waals surface area contributed by atoms with Gasteiger partial charge in [-0.3, -0.25) is 4.79 Å². The third kappa shape index (κ3) is 2.67. The summed E-state index contributed by atoms with van der Waals surface area (Å²) >= 11 is 0. The summed E-state index contributed by atoms with van der Waals surface area (Å²) in [6.45, 7) is 0.189. The number of ether oxygens (including phenoxy) is 4. The first-order chi connectivity index (χ1) is 12.6. The zero-order chi connectivity index (χ0) is 18.3. The lowest BCUT2D eigenvalue weighted by Crippen LogP contribution is -2.12.